The third-order valence-electron chi connectivity index (χ3n) is 6.18. The van der Waals surface area contributed by atoms with E-state index in [1.807, 2.05) is 18.2 Å². The third kappa shape index (κ3) is 1.95. The van der Waals surface area contributed by atoms with Crippen LogP contribution in [0.1, 0.15) is 36.3 Å². The molecule has 0 radical (unpaired) electrons. The first-order valence-electron chi connectivity index (χ1n) is 8.35. The maximum absolute atomic E-state index is 13.5. The van der Waals surface area contributed by atoms with E-state index >= 15 is 0 Å². The summed E-state index contributed by atoms with van der Waals surface area (Å²) in [6.45, 7) is 7.86. The van der Waals surface area contributed by atoms with Crippen molar-refractivity contribution in [2.45, 2.75) is 37.2 Å². The summed E-state index contributed by atoms with van der Waals surface area (Å²) in [6.07, 6.45) is 7.34. The predicted octanol–water partition coefficient (Wildman–Crippen LogP) is 4.17. The Bertz CT molecular complexity index is 677. The van der Waals surface area contributed by atoms with Crippen molar-refractivity contribution in [2.75, 3.05) is 0 Å². The molecule has 1 aromatic rings. The van der Waals surface area contributed by atoms with Crippen molar-refractivity contribution in [3.63, 3.8) is 0 Å². The lowest BCUT2D eigenvalue weighted by Crippen LogP contribution is -2.38. The Hall–Kier alpha value is -1.90. The van der Waals surface area contributed by atoms with E-state index in [9.17, 15) is 9.18 Å². The van der Waals surface area contributed by atoms with Gasteiger partial charge in [-0.1, -0.05) is 18.2 Å². The lowest BCUT2D eigenvalue weighted by Gasteiger charge is -2.35. The molecular weight excluding hydrogens is 291 g/mol. The molecule has 0 amide bonds. The van der Waals surface area contributed by atoms with E-state index in [2.05, 4.69) is 13.2 Å². The van der Waals surface area contributed by atoms with Gasteiger partial charge >= 0.3 is 5.97 Å². The zero-order chi connectivity index (χ0) is 16.2. The first kappa shape index (κ1) is 14.7. The van der Waals surface area contributed by atoms with Crippen LogP contribution in [-0.4, -0.2) is 11.6 Å². The second-order valence-corrected chi connectivity index (χ2v) is 7.10. The average molecular weight is 312 g/mol. The van der Waals surface area contributed by atoms with Gasteiger partial charge in [-0.15, -0.1) is 13.2 Å². The molecule has 0 N–H and O–H groups in total. The smallest absolute Gasteiger partial charge is 0.310 e. The lowest BCUT2D eigenvalue weighted by molar-refractivity contribution is -0.154. The SMILES string of the molecule is C=C[C@@H]1CC[C@@H](C=C)C12CC(C1Cc3ccc(F)cc31)C(=O)O2. The number of rotatable bonds is 3. The average Bonchev–Trinajstić information content (AvgIpc) is 3.03. The van der Waals surface area contributed by atoms with E-state index in [0.29, 0.717) is 6.42 Å². The summed E-state index contributed by atoms with van der Waals surface area (Å²) in [5.41, 5.74) is 1.65. The van der Waals surface area contributed by atoms with Gasteiger partial charge in [0, 0.05) is 24.2 Å². The van der Waals surface area contributed by atoms with Gasteiger partial charge in [-0.05, 0) is 42.5 Å². The second-order valence-electron chi connectivity index (χ2n) is 7.10. The molecule has 2 nitrogen and oxygen atoms in total. The Morgan fingerprint density at radius 2 is 1.87 bits per heavy atom. The van der Waals surface area contributed by atoms with E-state index in [1.165, 1.54) is 6.07 Å². The molecule has 2 aliphatic carbocycles. The van der Waals surface area contributed by atoms with Crippen molar-refractivity contribution in [3.05, 3.63) is 60.5 Å². The zero-order valence-electron chi connectivity index (χ0n) is 13.1. The highest BCUT2D eigenvalue weighted by molar-refractivity contribution is 5.78. The van der Waals surface area contributed by atoms with Gasteiger partial charge in [0.15, 0.2) is 0 Å². The summed E-state index contributed by atoms with van der Waals surface area (Å²) in [5.74, 6) is -0.0803. The van der Waals surface area contributed by atoms with Crippen LogP contribution < -0.4 is 0 Å². The fourth-order valence-corrected chi connectivity index (χ4v) is 4.92. The zero-order valence-corrected chi connectivity index (χ0v) is 13.1. The van der Waals surface area contributed by atoms with Crippen LogP contribution in [0, 0.1) is 23.6 Å². The van der Waals surface area contributed by atoms with Crippen LogP contribution in [0.3, 0.4) is 0 Å². The number of halogens is 1. The Labute approximate surface area is 136 Å². The maximum atomic E-state index is 13.5. The van der Waals surface area contributed by atoms with Crippen molar-refractivity contribution in [1.29, 1.82) is 0 Å². The van der Waals surface area contributed by atoms with Crippen LogP contribution >= 0.6 is 0 Å². The normalized spacial score (nSPS) is 33.9. The quantitative estimate of drug-likeness (QED) is 0.618. The van der Waals surface area contributed by atoms with Crippen LogP contribution in [0.4, 0.5) is 4.39 Å². The standard InChI is InChI=1S/C20H21FO2/c1-3-13-6-7-14(4-2)20(13)11-18(19(22)23-20)17-9-12-5-8-15(21)10-16(12)17/h3-5,8,10,13-14,17-18H,1-2,6-7,9,11H2/t13-,14-,17?,18?/m1/s1. The molecule has 0 bridgehead atoms. The highest BCUT2D eigenvalue weighted by Crippen LogP contribution is 2.56. The minimum absolute atomic E-state index is 0.0871. The van der Waals surface area contributed by atoms with Crippen LogP contribution in [0.5, 0.6) is 0 Å². The molecule has 1 spiro atoms. The number of hydrogen-bond donors (Lipinski definition) is 0. The number of hydrogen-bond acceptors (Lipinski definition) is 2. The minimum atomic E-state index is -0.478. The second kappa shape index (κ2) is 5.05. The molecule has 2 unspecified atom stereocenters. The van der Waals surface area contributed by atoms with Crippen LogP contribution in [0.25, 0.3) is 0 Å². The number of esters is 1. The van der Waals surface area contributed by atoms with E-state index < -0.39 is 5.60 Å². The van der Waals surface area contributed by atoms with Gasteiger partial charge < -0.3 is 4.74 Å². The van der Waals surface area contributed by atoms with Crippen molar-refractivity contribution in [2.24, 2.45) is 17.8 Å². The highest BCUT2D eigenvalue weighted by Gasteiger charge is 2.59. The third-order valence-corrected chi connectivity index (χ3v) is 6.18. The Morgan fingerprint density at radius 1 is 1.17 bits per heavy atom. The van der Waals surface area contributed by atoms with Crippen LogP contribution in [-0.2, 0) is 16.0 Å². The molecule has 3 aliphatic rings. The van der Waals surface area contributed by atoms with E-state index in [4.69, 9.17) is 4.74 Å². The molecule has 1 aromatic carbocycles. The van der Waals surface area contributed by atoms with Crippen molar-refractivity contribution < 1.29 is 13.9 Å². The summed E-state index contributed by atoms with van der Waals surface area (Å²) < 4.78 is 19.5. The summed E-state index contributed by atoms with van der Waals surface area (Å²) in [6, 6.07) is 4.89. The fraction of sp³-hybridized carbons (Fsp3) is 0.450. The van der Waals surface area contributed by atoms with Gasteiger partial charge in [-0.3, -0.25) is 4.79 Å². The van der Waals surface area contributed by atoms with Gasteiger partial charge in [-0.2, -0.15) is 0 Å². The van der Waals surface area contributed by atoms with Crippen LogP contribution in [0.15, 0.2) is 43.5 Å². The maximum Gasteiger partial charge on any atom is 0.310 e. The predicted molar refractivity (Wildman–Crippen MR) is 86.4 cm³/mol. The minimum Gasteiger partial charge on any atom is -0.458 e. The number of carbonyl (C=O) groups excluding carboxylic acids is 1. The molecule has 4 rings (SSSR count). The van der Waals surface area contributed by atoms with Gasteiger partial charge in [0.25, 0.3) is 0 Å². The fourth-order valence-electron chi connectivity index (χ4n) is 4.92. The molecule has 4 atom stereocenters. The van der Waals surface area contributed by atoms with Gasteiger partial charge in [-0.25, -0.2) is 4.39 Å². The largest absolute Gasteiger partial charge is 0.458 e. The van der Waals surface area contributed by atoms with E-state index in [-0.39, 0.29) is 35.5 Å². The van der Waals surface area contributed by atoms with Gasteiger partial charge in [0.1, 0.15) is 11.4 Å². The Balaban J connectivity index is 1.64. The molecule has 1 saturated carbocycles. The lowest BCUT2D eigenvalue weighted by atomic mass is 9.67. The topological polar surface area (TPSA) is 26.3 Å². The van der Waals surface area contributed by atoms with Crippen molar-refractivity contribution in [3.8, 4) is 0 Å². The number of carbonyl (C=O) groups is 1. The summed E-state index contributed by atoms with van der Waals surface area (Å²) in [4.78, 5) is 12.6. The van der Waals surface area contributed by atoms with E-state index in [0.717, 1.165) is 30.4 Å². The molecule has 1 saturated heterocycles. The highest BCUT2D eigenvalue weighted by atomic mass is 19.1. The monoisotopic (exact) mass is 312 g/mol. The Kier molecular flexibility index (Phi) is 3.22. The van der Waals surface area contributed by atoms with Gasteiger partial charge in [0.2, 0.25) is 0 Å². The summed E-state index contributed by atoms with van der Waals surface area (Å²) in [5, 5.41) is 0. The molecule has 2 fully saturated rings. The molecular formula is C20H21FO2. The molecule has 23 heavy (non-hydrogen) atoms. The van der Waals surface area contributed by atoms with Gasteiger partial charge in [0.05, 0.1) is 5.92 Å². The molecule has 3 heteroatoms. The molecule has 120 valence electrons. The Morgan fingerprint density at radius 3 is 2.52 bits per heavy atom. The molecule has 1 heterocycles. The number of fused-ring (bicyclic) bond motifs is 1. The summed E-state index contributed by atoms with van der Waals surface area (Å²) >= 11 is 0. The summed E-state index contributed by atoms with van der Waals surface area (Å²) in [7, 11) is 0. The number of benzene rings is 1. The number of ether oxygens (including phenoxy) is 1. The van der Waals surface area contributed by atoms with Crippen molar-refractivity contribution in [1.82, 2.24) is 0 Å². The molecule has 1 aliphatic heterocycles. The van der Waals surface area contributed by atoms with E-state index in [1.54, 1.807) is 6.07 Å². The van der Waals surface area contributed by atoms with Crippen molar-refractivity contribution >= 4 is 5.97 Å². The molecule has 0 aromatic heterocycles. The first-order valence-corrected chi connectivity index (χ1v) is 8.35. The van der Waals surface area contributed by atoms with Crippen LogP contribution in [0.2, 0.25) is 0 Å². The first-order chi connectivity index (χ1) is 11.1.